The Morgan fingerprint density at radius 2 is 1.86 bits per heavy atom. The van der Waals surface area contributed by atoms with Crippen molar-refractivity contribution in [1.82, 2.24) is 25.0 Å². The Kier molecular flexibility index (Phi) is 4.27. The summed E-state index contributed by atoms with van der Waals surface area (Å²) in [6.45, 7) is 5.63. The fraction of sp³-hybridized carbons (Fsp3) is 0.385. The van der Waals surface area contributed by atoms with Crippen molar-refractivity contribution in [2.24, 2.45) is 10.5 Å². The first kappa shape index (κ1) is 16.1. The molecule has 8 nitrogen and oxygen atoms in total. The first-order valence-electron chi connectivity index (χ1n) is 6.57. The Bertz CT molecular complexity index is 774. The van der Waals surface area contributed by atoms with Crippen molar-refractivity contribution in [3.05, 3.63) is 30.3 Å². The number of rotatable bonds is 3. The molecule has 0 aliphatic heterocycles. The van der Waals surface area contributed by atoms with Crippen molar-refractivity contribution in [1.29, 1.82) is 0 Å². The number of nitrogens with zero attached hydrogens (tertiary/aromatic N) is 5. The lowest BCUT2D eigenvalue weighted by molar-refractivity contribution is 0.534. The minimum absolute atomic E-state index is 0.340. The van der Waals surface area contributed by atoms with E-state index in [1.165, 1.54) is 4.80 Å². The second-order valence-electron chi connectivity index (χ2n) is 5.82. The fourth-order valence-corrected chi connectivity index (χ4v) is 1.90. The number of sulfonamides is 1. The Balaban J connectivity index is 2.40. The van der Waals surface area contributed by atoms with Gasteiger partial charge in [0.25, 0.3) is 0 Å². The quantitative estimate of drug-likeness (QED) is 0.518. The van der Waals surface area contributed by atoms with E-state index in [9.17, 15) is 8.42 Å². The second kappa shape index (κ2) is 5.84. The third-order valence-corrected chi connectivity index (χ3v) is 3.05. The van der Waals surface area contributed by atoms with Crippen LogP contribution in [0.5, 0.6) is 0 Å². The van der Waals surface area contributed by atoms with Crippen LogP contribution in [0.3, 0.4) is 0 Å². The molecule has 0 atom stereocenters. The minimum Gasteiger partial charge on any atom is -0.206 e. The van der Waals surface area contributed by atoms with Gasteiger partial charge < -0.3 is 0 Å². The lowest BCUT2D eigenvalue weighted by Gasteiger charge is -2.19. The maximum absolute atomic E-state index is 11.2. The van der Waals surface area contributed by atoms with E-state index in [4.69, 9.17) is 0 Å². The van der Waals surface area contributed by atoms with E-state index < -0.39 is 15.4 Å². The van der Waals surface area contributed by atoms with Gasteiger partial charge in [0.1, 0.15) is 0 Å². The molecule has 118 valence electrons. The van der Waals surface area contributed by atoms with Gasteiger partial charge in [-0.3, -0.25) is 0 Å². The van der Waals surface area contributed by atoms with Gasteiger partial charge in [-0.2, -0.15) is 0 Å². The molecule has 1 aromatic carbocycles. The van der Waals surface area contributed by atoms with Crippen molar-refractivity contribution in [3.63, 3.8) is 0 Å². The van der Waals surface area contributed by atoms with Crippen molar-refractivity contribution in [2.75, 3.05) is 6.26 Å². The van der Waals surface area contributed by atoms with Crippen molar-refractivity contribution < 1.29 is 8.42 Å². The molecule has 9 heteroatoms. The second-order valence-corrected chi connectivity index (χ2v) is 7.54. The van der Waals surface area contributed by atoms with Crippen LogP contribution in [0.2, 0.25) is 0 Å². The summed E-state index contributed by atoms with van der Waals surface area (Å²) in [5.41, 5.74) is 0.338. The Morgan fingerprint density at radius 3 is 2.41 bits per heavy atom. The summed E-state index contributed by atoms with van der Waals surface area (Å²) < 4.78 is 22.5. The number of hydrazone groups is 1. The summed E-state index contributed by atoms with van der Waals surface area (Å²) in [5, 5.41) is 16.2. The van der Waals surface area contributed by atoms with Crippen LogP contribution in [0.4, 0.5) is 0 Å². The molecule has 0 saturated heterocycles. The Morgan fingerprint density at radius 1 is 1.23 bits per heavy atom. The van der Waals surface area contributed by atoms with Gasteiger partial charge in [-0.15, -0.1) is 20.1 Å². The molecule has 0 saturated carbocycles. The first-order valence-corrected chi connectivity index (χ1v) is 8.47. The molecule has 0 bridgehead atoms. The zero-order valence-electron chi connectivity index (χ0n) is 12.8. The summed E-state index contributed by atoms with van der Waals surface area (Å²) in [7, 11) is -3.46. The highest BCUT2D eigenvalue weighted by Crippen LogP contribution is 2.18. The molecule has 1 N–H and O–H groups in total. The van der Waals surface area contributed by atoms with Crippen LogP contribution in [-0.4, -0.2) is 40.7 Å². The molecule has 0 radical (unpaired) electrons. The van der Waals surface area contributed by atoms with Gasteiger partial charge in [-0.1, -0.05) is 51.1 Å². The molecule has 2 rings (SSSR count). The van der Waals surface area contributed by atoms with Crippen LogP contribution in [0.25, 0.3) is 11.4 Å². The van der Waals surface area contributed by atoms with Crippen molar-refractivity contribution >= 4 is 15.9 Å². The van der Waals surface area contributed by atoms with E-state index in [0.29, 0.717) is 11.7 Å². The van der Waals surface area contributed by atoms with Crippen LogP contribution in [-0.2, 0) is 10.0 Å². The number of nitrogens with one attached hydrogen (secondary N) is 1. The van der Waals surface area contributed by atoms with Gasteiger partial charge in [0.15, 0.2) is 5.84 Å². The number of hydrogen-bond acceptors (Lipinski definition) is 6. The van der Waals surface area contributed by atoms with Gasteiger partial charge in [0, 0.05) is 11.0 Å². The van der Waals surface area contributed by atoms with Gasteiger partial charge in [-0.05, 0) is 5.21 Å². The highest BCUT2D eigenvalue weighted by Gasteiger charge is 2.24. The first-order chi connectivity index (χ1) is 10.2. The monoisotopic (exact) mass is 322 g/mol. The van der Waals surface area contributed by atoms with Gasteiger partial charge in [0.05, 0.1) is 6.26 Å². The maximum atomic E-state index is 11.2. The molecule has 0 fully saturated rings. The lowest BCUT2D eigenvalue weighted by Crippen LogP contribution is -2.33. The number of tetrazole rings is 1. The van der Waals surface area contributed by atoms with Crippen LogP contribution in [0.15, 0.2) is 35.4 Å². The lowest BCUT2D eigenvalue weighted by atomic mass is 9.95. The molecule has 1 heterocycles. The SMILES string of the molecule is CC(C)(C)/C(=N/NS(C)(=O)=O)n1nnc(-c2ccccc2)n1. The molecule has 0 aliphatic carbocycles. The molecule has 2 aromatic rings. The van der Waals surface area contributed by atoms with E-state index >= 15 is 0 Å². The van der Waals surface area contributed by atoms with Gasteiger partial charge in [0.2, 0.25) is 15.8 Å². The molecule has 0 aliphatic rings. The van der Waals surface area contributed by atoms with E-state index in [0.717, 1.165) is 11.8 Å². The summed E-state index contributed by atoms with van der Waals surface area (Å²) in [6.07, 6.45) is 1.03. The van der Waals surface area contributed by atoms with E-state index in [1.807, 2.05) is 51.1 Å². The molecule has 0 unspecified atom stereocenters. The number of benzene rings is 1. The number of aromatic nitrogens is 4. The predicted octanol–water partition coefficient (Wildman–Crippen LogP) is 1.10. The zero-order chi connectivity index (χ0) is 16.4. The summed E-state index contributed by atoms with van der Waals surface area (Å²) in [4.78, 5) is 3.34. The minimum atomic E-state index is -3.46. The molecule has 1 aromatic heterocycles. The third kappa shape index (κ3) is 4.10. The molecule has 0 amide bonds. The summed E-state index contributed by atoms with van der Waals surface area (Å²) in [6, 6.07) is 9.38. The Labute approximate surface area is 129 Å². The average Bonchev–Trinajstić information content (AvgIpc) is 2.86. The predicted molar refractivity (Wildman–Crippen MR) is 83.5 cm³/mol. The fourth-order valence-electron chi connectivity index (χ4n) is 1.65. The zero-order valence-corrected chi connectivity index (χ0v) is 13.7. The molecular formula is C13H18N6O2S. The van der Waals surface area contributed by atoms with Crippen LogP contribution in [0.1, 0.15) is 20.8 Å². The average molecular weight is 322 g/mol. The topological polar surface area (TPSA) is 102 Å². The van der Waals surface area contributed by atoms with Gasteiger partial charge >= 0.3 is 0 Å². The van der Waals surface area contributed by atoms with Crippen LogP contribution >= 0.6 is 0 Å². The van der Waals surface area contributed by atoms with Gasteiger partial charge in [-0.25, -0.2) is 13.2 Å². The van der Waals surface area contributed by atoms with E-state index in [2.05, 4.69) is 25.3 Å². The van der Waals surface area contributed by atoms with Crippen molar-refractivity contribution in [2.45, 2.75) is 20.8 Å². The van der Waals surface area contributed by atoms with Crippen LogP contribution in [0, 0.1) is 5.41 Å². The van der Waals surface area contributed by atoms with E-state index in [-0.39, 0.29) is 0 Å². The van der Waals surface area contributed by atoms with E-state index in [1.54, 1.807) is 0 Å². The number of hydrogen-bond donors (Lipinski definition) is 1. The van der Waals surface area contributed by atoms with Crippen LogP contribution < -0.4 is 4.83 Å². The largest absolute Gasteiger partial charge is 0.244 e. The Hall–Kier alpha value is -2.29. The summed E-state index contributed by atoms with van der Waals surface area (Å²) in [5.74, 6) is 0.782. The highest BCUT2D eigenvalue weighted by molar-refractivity contribution is 7.88. The van der Waals surface area contributed by atoms with Crippen molar-refractivity contribution in [3.8, 4) is 11.4 Å². The highest BCUT2D eigenvalue weighted by atomic mass is 32.2. The molecule has 22 heavy (non-hydrogen) atoms. The molecule has 0 spiro atoms. The smallest absolute Gasteiger partial charge is 0.206 e. The third-order valence-electron chi connectivity index (χ3n) is 2.62. The standard InChI is InChI=1S/C13H18N6O2S/c1-13(2,3)12(15-18-22(4,20)21)19-16-11(14-17-19)10-8-6-5-7-9-10/h5-9,18H,1-4H3/b15-12-. The molecular weight excluding hydrogens is 304 g/mol. The maximum Gasteiger partial charge on any atom is 0.244 e. The normalized spacial score (nSPS) is 13.2. The summed E-state index contributed by atoms with van der Waals surface area (Å²) >= 11 is 0.